The first kappa shape index (κ1) is 14.9. The summed E-state index contributed by atoms with van der Waals surface area (Å²) in [6, 6.07) is 29.3. The normalized spacial score (nSPS) is 12.7. The number of nitriles is 1. The number of nitrogens with zero attached hydrogens (tertiary/aromatic N) is 2. The summed E-state index contributed by atoms with van der Waals surface area (Å²) in [6.45, 7) is 0. The van der Waals surface area contributed by atoms with Gasteiger partial charge in [0.2, 0.25) is 0 Å². The van der Waals surface area contributed by atoms with Gasteiger partial charge in [-0.25, -0.2) is 0 Å². The van der Waals surface area contributed by atoms with E-state index in [1.54, 1.807) is 10.9 Å². The highest BCUT2D eigenvalue weighted by Gasteiger charge is 2.29. The molecule has 0 aliphatic carbocycles. The predicted octanol–water partition coefficient (Wildman–Crippen LogP) is 4.70. The Morgan fingerprint density at radius 3 is 1.88 bits per heavy atom. The summed E-state index contributed by atoms with van der Waals surface area (Å²) >= 11 is 0. The van der Waals surface area contributed by atoms with E-state index in [0.29, 0.717) is 5.69 Å². The first-order chi connectivity index (χ1) is 12.9. The molecule has 1 aliphatic heterocycles. The molecule has 0 saturated heterocycles. The van der Waals surface area contributed by atoms with Gasteiger partial charge in [-0.1, -0.05) is 66.7 Å². The van der Waals surface area contributed by atoms with Crippen molar-refractivity contribution >= 4 is 26.2 Å². The van der Waals surface area contributed by atoms with E-state index in [9.17, 15) is 5.26 Å². The Balaban J connectivity index is 1.92. The van der Waals surface area contributed by atoms with E-state index in [-0.39, 0.29) is 0 Å². The van der Waals surface area contributed by atoms with E-state index in [4.69, 9.17) is 0 Å². The Hall–Kier alpha value is -3.35. The van der Waals surface area contributed by atoms with E-state index in [2.05, 4.69) is 48.5 Å². The Morgan fingerprint density at radius 1 is 0.692 bits per heavy atom. The second-order valence-corrected chi connectivity index (χ2v) is 7.18. The van der Waals surface area contributed by atoms with Gasteiger partial charge in [-0.3, -0.25) is 0 Å². The van der Waals surface area contributed by atoms with Crippen LogP contribution in [0.15, 0.2) is 85.1 Å². The van der Waals surface area contributed by atoms with Crippen molar-refractivity contribution < 1.29 is 0 Å². The molecular formula is C23H14N2S. The van der Waals surface area contributed by atoms with Crippen LogP contribution >= 0.6 is 10.9 Å². The van der Waals surface area contributed by atoms with Gasteiger partial charge in [-0.2, -0.15) is 5.26 Å². The van der Waals surface area contributed by atoms with Crippen molar-refractivity contribution in [1.29, 1.82) is 5.26 Å². The van der Waals surface area contributed by atoms with Crippen LogP contribution in [-0.4, -0.2) is 14.1 Å². The van der Waals surface area contributed by atoms with Crippen molar-refractivity contribution in [2.45, 2.75) is 0 Å². The third-order valence-electron chi connectivity index (χ3n) is 4.68. The minimum absolute atomic E-state index is 0.702. The predicted molar refractivity (Wildman–Crippen MR) is 109 cm³/mol. The maximum absolute atomic E-state index is 9.91. The van der Waals surface area contributed by atoms with E-state index >= 15 is 0 Å². The maximum atomic E-state index is 9.91. The van der Waals surface area contributed by atoms with E-state index in [1.807, 2.05) is 47.0 Å². The Bertz CT molecular complexity index is 1250. The van der Waals surface area contributed by atoms with Crippen LogP contribution in [0.2, 0.25) is 0 Å². The smallest absolute Gasteiger partial charge is 0.134 e. The molecule has 0 bridgehead atoms. The van der Waals surface area contributed by atoms with Crippen molar-refractivity contribution in [3.05, 3.63) is 113 Å². The van der Waals surface area contributed by atoms with Gasteiger partial charge in [0, 0.05) is 27.1 Å². The van der Waals surface area contributed by atoms with Crippen LogP contribution < -0.4 is 0 Å². The zero-order valence-electron chi connectivity index (χ0n) is 13.9. The number of fused-ring (bicyclic) bond motifs is 3. The van der Waals surface area contributed by atoms with E-state index in [1.165, 1.54) is 10.4 Å². The third-order valence-corrected chi connectivity index (χ3v) is 5.97. The highest BCUT2D eigenvalue weighted by atomic mass is 32.1. The fraction of sp³-hybridized carbons (Fsp3) is 0. The van der Waals surface area contributed by atoms with E-state index in [0.717, 1.165) is 27.1 Å². The number of hydrogen-bond acceptors (Lipinski definition) is 1. The molecule has 3 heterocycles. The van der Waals surface area contributed by atoms with E-state index < -0.39 is 0 Å². The van der Waals surface area contributed by atoms with Crippen LogP contribution in [0.3, 0.4) is 0 Å². The average molecular weight is 350 g/mol. The van der Waals surface area contributed by atoms with Gasteiger partial charge in [0.05, 0.1) is 5.52 Å². The molecule has 0 fully saturated rings. The lowest BCUT2D eigenvalue weighted by atomic mass is 9.96. The Labute approximate surface area is 155 Å². The highest BCUT2D eigenvalue weighted by molar-refractivity contribution is 8.00. The Morgan fingerprint density at radius 2 is 1.27 bits per heavy atom. The summed E-state index contributed by atoms with van der Waals surface area (Å²) < 4.78 is 2.01. The topological polar surface area (TPSA) is 28.2 Å². The van der Waals surface area contributed by atoms with Crippen molar-refractivity contribution in [3.8, 4) is 6.07 Å². The fourth-order valence-corrected chi connectivity index (χ4v) is 4.88. The minimum Gasteiger partial charge on any atom is -0.307 e. The third kappa shape index (κ3) is 2.10. The molecule has 0 N–H and O–H groups in total. The lowest BCUT2D eigenvalue weighted by Crippen LogP contribution is -2.03. The monoisotopic (exact) mass is 350 g/mol. The SMILES string of the molecule is N#Cc1c2c(c3ccccn13)C(c1ccccc1)=S=C2c1ccccc1. The molecule has 0 amide bonds. The van der Waals surface area contributed by atoms with Crippen molar-refractivity contribution in [2.24, 2.45) is 0 Å². The number of benzene rings is 2. The first-order valence-corrected chi connectivity index (χ1v) is 9.26. The second kappa shape index (κ2) is 5.87. The summed E-state index contributed by atoms with van der Waals surface area (Å²) in [7, 11) is 1.77. The molecule has 5 rings (SSSR count). The highest BCUT2D eigenvalue weighted by Crippen LogP contribution is 2.34. The van der Waals surface area contributed by atoms with Gasteiger partial charge in [-0.15, -0.1) is 10.9 Å². The lowest BCUT2D eigenvalue weighted by Gasteiger charge is -2.03. The molecule has 0 unspecified atom stereocenters. The quantitative estimate of drug-likeness (QED) is 0.424. The molecule has 0 atom stereocenters. The van der Waals surface area contributed by atoms with Crippen LogP contribution in [-0.2, 0) is 0 Å². The lowest BCUT2D eigenvalue weighted by molar-refractivity contribution is 1.16. The molecule has 3 heteroatoms. The minimum atomic E-state index is 0.702. The largest absolute Gasteiger partial charge is 0.307 e. The van der Waals surface area contributed by atoms with Crippen LogP contribution in [0.5, 0.6) is 0 Å². The van der Waals surface area contributed by atoms with Crippen molar-refractivity contribution in [1.82, 2.24) is 4.40 Å². The molecule has 122 valence electrons. The number of hydrogen-bond donors (Lipinski definition) is 0. The summed E-state index contributed by atoms with van der Waals surface area (Å²) in [5.74, 6) is 0. The number of aromatic nitrogens is 1. The molecule has 0 spiro atoms. The second-order valence-electron chi connectivity index (χ2n) is 6.16. The van der Waals surface area contributed by atoms with Gasteiger partial charge in [-0.05, 0) is 23.3 Å². The molecule has 0 saturated carbocycles. The molecule has 0 radical (unpaired) electrons. The van der Waals surface area contributed by atoms with Gasteiger partial charge in [0.25, 0.3) is 0 Å². The van der Waals surface area contributed by atoms with Crippen molar-refractivity contribution in [2.75, 3.05) is 0 Å². The molecule has 2 aromatic heterocycles. The Kier molecular flexibility index (Phi) is 3.38. The summed E-state index contributed by atoms with van der Waals surface area (Å²) in [5.41, 5.74) is 6.33. The molecular weight excluding hydrogens is 336 g/mol. The zero-order valence-corrected chi connectivity index (χ0v) is 14.7. The van der Waals surface area contributed by atoms with Gasteiger partial charge >= 0.3 is 0 Å². The van der Waals surface area contributed by atoms with Crippen LogP contribution in [0.4, 0.5) is 0 Å². The molecule has 26 heavy (non-hydrogen) atoms. The zero-order chi connectivity index (χ0) is 17.5. The number of pyridine rings is 1. The molecule has 4 aromatic rings. The van der Waals surface area contributed by atoms with Gasteiger partial charge < -0.3 is 4.40 Å². The summed E-state index contributed by atoms with van der Waals surface area (Å²) in [5, 5.41) is 9.91. The van der Waals surface area contributed by atoms with Crippen LogP contribution in [0.25, 0.3) is 5.52 Å². The fourth-order valence-electron chi connectivity index (χ4n) is 3.56. The molecule has 1 aliphatic rings. The molecule has 2 aromatic carbocycles. The number of rotatable bonds is 2. The average Bonchev–Trinajstić information content (AvgIpc) is 3.25. The van der Waals surface area contributed by atoms with Crippen LogP contribution in [0.1, 0.15) is 27.9 Å². The summed E-state index contributed by atoms with van der Waals surface area (Å²) in [4.78, 5) is 2.37. The van der Waals surface area contributed by atoms with Crippen molar-refractivity contribution in [3.63, 3.8) is 0 Å². The summed E-state index contributed by atoms with van der Waals surface area (Å²) in [6.07, 6.45) is 1.97. The van der Waals surface area contributed by atoms with Gasteiger partial charge in [0.1, 0.15) is 11.8 Å². The maximum Gasteiger partial charge on any atom is 0.134 e. The molecule has 2 nitrogen and oxygen atoms in total. The first-order valence-electron chi connectivity index (χ1n) is 8.45. The van der Waals surface area contributed by atoms with Gasteiger partial charge in [0.15, 0.2) is 0 Å². The standard InChI is InChI=1S/C23H14N2S/c24-15-19-21-20(18-13-7-8-14-25(18)19)22(16-9-3-1-4-10-16)26-23(21)17-11-5-2-6-12-17/h1-14H. The van der Waals surface area contributed by atoms with Crippen LogP contribution in [0, 0.1) is 11.3 Å².